The SMILES string of the molecule is Cc1ccc(Nc2cccc(NC(=O)C(C)n3cccn3)c2)c([N+](=O)[O-])c1. The summed E-state index contributed by atoms with van der Waals surface area (Å²) in [5.41, 5.74) is 2.40. The number of nitrogens with one attached hydrogen (secondary N) is 2. The van der Waals surface area contributed by atoms with Crippen molar-refractivity contribution in [2.24, 2.45) is 0 Å². The van der Waals surface area contributed by atoms with Gasteiger partial charge in [0.2, 0.25) is 5.91 Å². The molecule has 1 amide bonds. The molecule has 0 bridgehead atoms. The lowest BCUT2D eigenvalue weighted by Crippen LogP contribution is -2.23. The van der Waals surface area contributed by atoms with Crippen molar-refractivity contribution in [2.45, 2.75) is 19.9 Å². The summed E-state index contributed by atoms with van der Waals surface area (Å²) in [7, 11) is 0. The van der Waals surface area contributed by atoms with Gasteiger partial charge in [0.05, 0.1) is 4.92 Å². The molecule has 1 unspecified atom stereocenters. The monoisotopic (exact) mass is 365 g/mol. The van der Waals surface area contributed by atoms with Crippen LogP contribution in [0, 0.1) is 17.0 Å². The molecular formula is C19H19N5O3. The first-order valence-electron chi connectivity index (χ1n) is 8.36. The van der Waals surface area contributed by atoms with E-state index < -0.39 is 11.0 Å². The number of aromatic nitrogens is 2. The van der Waals surface area contributed by atoms with Gasteiger partial charge in [0.1, 0.15) is 11.7 Å². The quantitative estimate of drug-likeness (QED) is 0.507. The Hall–Kier alpha value is -3.68. The molecule has 0 radical (unpaired) electrons. The lowest BCUT2D eigenvalue weighted by molar-refractivity contribution is -0.384. The molecule has 1 aromatic heterocycles. The summed E-state index contributed by atoms with van der Waals surface area (Å²) in [6.45, 7) is 3.55. The van der Waals surface area contributed by atoms with Gasteiger partial charge in [0, 0.05) is 29.8 Å². The summed E-state index contributed by atoms with van der Waals surface area (Å²) in [5, 5.41) is 21.2. The van der Waals surface area contributed by atoms with Crippen molar-refractivity contribution in [1.82, 2.24) is 9.78 Å². The van der Waals surface area contributed by atoms with Crippen molar-refractivity contribution in [2.75, 3.05) is 10.6 Å². The Labute approximate surface area is 156 Å². The molecule has 8 heteroatoms. The number of aryl methyl sites for hydroxylation is 1. The van der Waals surface area contributed by atoms with Crippen LogP contribution in [0.2, 0.25) is 0 Å². The van der Waals surface area contributed by atoms with Gasteiger partial charge in [-0.3, -0.25) is 19.6 Å². The molecule has 0 fully saturated rings. The molecule has 0 aliphatic carbocycles. The van der Waals surface area contributed by atoms with Crippen LogP contribution in [0.25, 0.3) is 0 Å². The third-order valence-corrected chi connectivity index (χ3v) is 4.06. The highest BCUT2D eigenvalue weighted by molar-refractivity contribution is 5.94. The maximum absolute atomic E-state index is 12.4. The molecule has 3 rings (SSSR count). The summed E-state index contributed by atoms with van der Waals surface area (Å²) >= 11 is 0. The van der Waals surface area contributed by atoms with E-state index in [1.165, 1.54) is 6.07 Å². The fourth-order valence-electron chi connectivity index (χ4n) is 2.61. The third-order valence-electron chi connectivity index (χ3n) is 4.06. The predicted molar refractivity (Wildman–Crippen MR) is 103 cm³/mol. The molecule has 138 valence electrons. The summed E-state index contributed by atoms with van der Waals surface area (Å²) in [6.07, 6.45) is 3.33. The van der Waals surface area contributed by atoms with Crippen LogP contribution in [0.3, 0.4) is 0 Å². The number of hydrogen-bond acceptors (Lipinski definition) is 5. The van der Waals surface area contributed by atoms with Crippen LogP contribution >= 0.6 is 0 Å². The zero-order valence-electron chi connectivity index (χ0n) is 14.9. The number of hydrogen-bond donors (Lipinski definition) is 2. The zero-order valence-corrected chi connectivity index (χ0v) is 14.9. The second-order valence-corrected chi connectivity index (χ2v) is 6.13. The first-order chi connectivity index (χ1) is 12.9. The van der Waals surface area contributed by atoms with Crippen molar-refractivity contribution in [1.29, 1.82) is 0 Å². The van der Waals surface area contributed by atoms with Gasteiger partial charge in [-0.2, -0.15) is 5.10 Å². The van der Waals surface area contributed by atoms with E-state index in [-0.39, 0.29) is 11.6 Å². The van der Waals surface area contributed by atoms with Gasteiger partial charge in [0.25, 0.3) is 5.69 Å². The van der Waals surface area contributed by atoms with Crippen molar-refractivity contribution in [3.05, 3.63) is 76.6 Å². The Bertz CT molecular complexity index is 969. The van der Waals surface area contributed by atoms with E-state index in [4.69, 9.17) is 0 Å². The molecule has 2 N–H and O–H groups in total. The lowest BCUT2D eigenvalue weighted by Gasteiger charge is -2.14. The average molecular weight is 365 g/mol. The van der Waals surface area contributed by atoms with Crippen LogP contribution in [0.5, 0.6) is 0 Å². The van der Waals surface area contributed by atoms with Gasteiger partial charge in [-0.1, -0.05) is 12.1 Å². The number of benzene rings is 2. The molecule has 0 aliphatic rings. The van der Waals surface area contributed by atoms with Gasteiger partial charge in [-0.15, -0.1) is 0 Å². The Morgan fingerprint density at radius 1 is 1.19 bits per heavy atom. The molecule has 1 atom stereocenters. The minimum atomic E-state index is -0.463. The van der Waals surface area contributed by atoms with Gasteiger partial charge < -0.3 is 10.6 Å². The number of nitrogens with zero attached hydrogens (tertiary/aromatic N) is 3. The van der Waals surface area contributed by atoms with E-state index in [1.54, 1.807) is 73.4 Å². The fourth-order valence-corrected chi connectivity index (χ4v) is 2.61. The normalized spacial score (nSPS) is 11.6. The molecule has 1 heterocycles. The molecule has 8 nitrogen and oxygen atoms in total. The second-order valence-electron chi connectivity index (χ2n) is 6.13. The number of nitro groups is 1. The minimum Gasteiger partial charge on any atom is -0.350 e. The Balaban J connectivity index is 1.76. The Kier molecular flexibility index (Phi) is 5.16. The maximum Gasteiger partial charge on any atom is 0.292 e. The van der Waals surface area contributed by atoms with Crippen molar-refractivity contribution >= 4 is 28.7 Å². The number of carbonyl (C=O) groups is 1. The van der Waals surface area contributed by atoms with E-state index in [0.29, 0.717) is 17.1 Å². The van der Waals surface area contributed by atoms with E-state index >= 15 is 0 Å². The van der Waals surface area contributed by atoms with Gasteiger partial charge in [0.15, 0.2) is 0 Å². The van der Waals surface area contributed by atoms with Crippen molar-refractivity contribution in [3.8, 4) is 0 Å². The first-order valence-corrected chi connectivity index (χ1v) is 8.36. The second kappa shape index (κ2) is 7.69. The van der Waals surface area contributed by atoms with Gasteiger partial charge >= 0.3 is 0 Å². The first kappa shape index (κ1) is 18.1. The number of amides is 1. The van der Waals surface area contributed by atoms with E-state index in [1.807, 2.05) is 0 Å². The van der Waals surface area contributed by atoms with Crippen LogP contribution < -0.4 is 10.6 Å². The van der Waals surface area contributed by atoms with Crippen LogP contribution in [-0.4, -0.2) is 20.6 Å². The molecule has 0 aliphatic heterocycles. The molecule has 3 aromatic rings. The number of rotatable bonds is 6. The van der Waals surface area contributed by atoms with E-state index in [9.17, 15) is 14.9 Å². The third kappa shape index (κ3) is 4.30. The molecular weight excluding hydrogens is 346 g/mol. The summed E-state index contributed by atoms with van der Waals surface area (Å²) in [6, 6.07) is 13.3. The topological polar surface area (TPSA) is 102 Å². The van der Waals surface area contributed by atoms with Crippen LogP contribution in [0.1, 0.15) is 18.5 Å². The average Bonchev–Trinajstić information content (AvgIpc) is 3.17. The summed E-state index contributed by atoms with van der Waals surface area (Å²) < 4.78 is 1.56. The van der Waals surface area contributed by atoms with Crippen LogP contribution in [0.15, 0.2) is 60.9 Å². The Morgan fingerprint density at radius 2 is 1.96 bits per heavy atom. The lowest BCUT2D eigenvalue weighted by atomic mass is 10.2. The van der Waals surface area contributed by atoms with E-state index in [2.05, 4.69) is 15.7 Å². The number of carbonyl (C=O) groups excluding carboxylic acids is 1. The zero-order chi connectivity index (χ0) is 19.4. The van der Waals surface area contributed by atoms with Gasteiger partial charge in [-0.25, -0.2) is 0 Å². The highest BCUT2D eigenvalue weighted by Gasteiger charge is 2.16. The standard InChI is InChI=1S/C19H19N5O3/c1-13-7-8-17(18(11-13)24(26)27)21-15-5-3-6-16(12-15)22-19(25)14(2)23-10-4-9-20-23/h3-12,14,21H,1-2H3,(H,22,25). The largest absolute Gasteiger partial charge is 0.350 e. The van der Waals surface area contributed by atoms with Crippen molar-refractivity contribution < 1.29 is 9.72 Å². The van der Waals surface area contributed by atoms with Crippen LogP contribution in [-0.2, 0) is 4.79 Å². The smallest absolute Gasteiger partial charge is 0.292 e. The molecule has 0 spiro atoms. The molecule has 0 saturated heterocycles. The predicted octanol–water partition coefficient (Wildman–Crippen LogP) is 4.04. The fraction of sp³-hybridized carbons (Fsp3) is 0.158. The maximum atomic E-state index is 12.4. The minimum absolute atomic E-state index is 0.00302. The highest BCUT2D eigenvalue weighted by atomic mass is 16.6. The number of anilines is 3. The summed E-state index contributed by atoms with van der Waals surface area (Å²) in [4.78, 5) is 23.2. The number of nitro benzene ring substituents is 1. The highest BCUT2D eigenvalue weighted by Crippen LogP contribution is 2.29. The molecule has 27 heavy (non-hydrogen) atoms. The van der Waals surface area contributed by atoms with Gasteiger partial charge in [-0.05, 0) is 49.7 Å². The van der Waals surface area contributed by atoms with Crippen molar-refractivity contribution in [3.63, 3.8) is 0 Å². The summed E-state index contributed by atoms with van der Waals surface area (Å²) in [5.74, 6) is -0.211. The Morgan fingerprint density at radius 3 is 2.67 bits per heavy atom. The van der Waals surface area contributed by atoms with E-state index in [0.717, 1.165) is 5.56 Å². The molecule has 0 saturated carbocycles. The van der Waals surface area contributed by atoms with Crippen LogP contribution in [0.4, 0.5) is 22.7 Å². The molecule has 2 aromatic carbocycles.